The van der Waals surface area contributed by atoms with Crippen LogP contribution in [-0.2, 0) is 0 Å². The van der Waals surface area contributed by atoms with Gasteiger partial charge in [-0.3, -0.25) is 0 Å². The maximum absolute atomic E-state index is 9.77. The molecule has 0 amide bonds. The molecule has 0 bridgehead atoms. The van der Waals surface area contributed by atoms with E-state index in [-0.39, 0.29) is 34.5 Å². The fourth-order valence-electron chi connectivity index (χ4n) is 3.90. The molecule has 46 heavy (non-hydrogen) atoms. The summed E-state index contributed by atoms with van der Waals surface area (Å²) in [6, 6.07) is 20.2. The first-order valence-electron chi connectivity index (χ1n) is 12.0. The van der Waals surface area contributed by atoms with E-state index in [1.165, 1.54) is 0 Å². The first kappa shape index (κ1) is 41.9. The summed E-state index contributed by atoms with van der Waals surface area (Å²) < 4.78 is 3.56. The number of fused-ring (bicyclic) bond motifs is 3. The zero-order chi connectivity index (χ0) is 34.9. The molecule has 0 aliphatic rings. The van der Waals surface area contributed by atoms with E-state index in [0.717, 1.165) is 32.3 Å². The third-order valence-electron chi connectivity index (χ3n) is 6.01. The van der Waals surface area contributed by atoms with Crippen molar-refractivity contribution >= 4 is 184 Å². The van der Waals surface area contributed by atoms with Crippen molar-refractivity contribution in [1.29, 1.82) is 0 Å². The van der Waals surface area contributed by atoms with Gasteiger partial charge in [-0.1, -0.05) is 12.1 Å². The van der Waals surface area contributed by atoms with Crippen LogP contribution in [-0.4, -0.2) is 30.6 Å². The fourth-order valence-corrected chi connectivity index (χ4v) is 7.33. The quantitative estimate of drug-likeness (QED) is 0.0901. The van der Waals surface area contributed by atoms with Gasteiger partial charge in [0.1, 0.15) is 34.5 Å². The van der Waals surface area contributed by atoms with E-state index in [4.69, 9.17) is 10.2 Å². The van der Waals surface area contributed by atoms with E-state index >= 15 is 0 Å². The zero-order valence-corrected chi connectivity index (χ0v) is 38.3. The zero-order valence-electron chi connectivity index (χ0n) is 22.4. The Hall–Kier alpha value is -0.300. The maximum atomic E-state index is 9.77. The van der Waals surface area contributed by atoms with Gasteiger partial charge in [-0.15, -0.1) is 0 Å². The van der Waals surface area contributed by atoms with Crippen LogP contribution in [0.25, 0.3) is 32.3 Å². The van der Waals surface area contributed by atoms with Crippen LogP contribution in [0.5, 0.6) is 34.5 Å². The molecule has 0 unspecified atom stereocenters. The first-order valence-corrected chi connectivity index (χ1v) is 24.1. The minimum Gasteiger partial charge on any atom is -0.508 e. The summed E-state index contributed by atoms with van der Waals surface area (Å²) in [7, 11) is 0. The van der Waals surface area contributed by atoms with Crippen LogP contribution in [0, 0.1) is 0 Å². The van der Waals surface area contributed by atoms with Gasteiger partial charge in [0.25, 0.3) is 0 Å². The highest BCUT2D eigenvalue weighted by atomic mass is 80.9. The van der Waals surface area contributed by atoms with Gasteiger partial charge in [-0.25, -0.2) is 0 Å². The minimum absolute atomic E-state index is 0.136. The van der Waals surface area contributed by atoms with Crippen molar-refractivity contribution in [3.63, 3.8) is 0 Å². The molecule has 0 heterocycles. The van der Waals surface area contributed by atoms with Crippen molar-refractivity contribution < 1.29 is 30.6 Å². The molecule has 0 saturated carbocycles. The number of hydrogen-bond donors (Lipinski definition) is 6. The van der Waals surface area contributed by atoms with E-state index in [0.29, 0.717) is 26.8 Å². The van der Waals surface area contributed by atoms with Gasteiger partial charge in [0.2, 0.25) is 0 Å². The predicted molar refractivity (Wildman–Crippen MR) is 224 cm³/mol. The molecule has 0 spiro atoms. The number of rotatable bonds is 0. The lowest BCUT2D eigenvalue weighted by molar-refractivity contribution is 0.467. The van der Waals surface area contributed by atoms with Crippen LogP contribution < -0.4 is 0 Å². The number of phenols is 6. The van der Waals surface area contributed by atoms with Crippen LogP contribution in [0.2, 0.25) is 0 Å². The molecule has 0 atom stereocenters. The van der Waals surface area contributed by atoms with Gasteiger partial charge in [-0.05, 0) is 167 Å². The average molecular weight is 1270 g/mol. The Kier molecular flexibility index (Phi) is 18.0. The Bertz CT molecular complexity index is 1850. The van der Waals surface area contributed by atoms with Gasteiger partial charge in [-0.2, -0.15) is 0 Å². The van der Waals surface area contributed by atoms with Crippen molar-refractivity contribution in [3.8, 4) is 34.5 Å². The number of hydrogen-bond acceptors (Lipinski definition) is 6. The van der Waals surface area contributed by atoms with Gasteiger partial charge >= 0.3 is 0 Å². The van der Waals surface area contributed by atoms with E-state index < -0.39 is 0 Å². The lowest BCUT2D eigenvalue weighted by Gasteiger charge is -2.10. The molecule has 16 heteroatoms. The summed E-state index contributed by atoms with van der Waals surface area (Å²) in [4.78, 5) is 0. The topological polar surface area (TPSA) is 121 Å². The van der Waals surface area contributed by atoms with E-state index in [1.54, 1.807) is 72.8 Å². The van der Waals surface area contributed by atoms with Crippen LogP contribution in [0.3, 0.4) is 0 Å². The second kappa shape index (κ2) is 19.8. The largest absolute Gasteiger partial charge is 0.508 e. The Morgan fingerprint density at radius 1 is 0.348 bits per heavy atom. The van der Waals surface area contributed by atoms with Gasteiger partial charge in [0.15, 0.2) is 0 Å². The van der Waals surface area contributed by atoms with E-state index in [1.807, 2.05) is 0 Å². The molecule has 0 saturated heterocycles. The van der Waals surface area contributed by atoms with Crippen molar-refractivity contribution in [1.82, 2.24) is 0 Å². The van der Waals surface area contributed by atoms with Gasteiger partial charge in [0, 0.05) is 78.1 Å². The highest BCUT2D eigenvalue weighted by molar-refractivity contribution is 9.93. The standard InChI is InChI=1S/C10H4Br4O2.C10H6Br2O2.C10H8O2.2Br2/c11-5-1-3-4(8(14)9(5)15)2-6(12)10(16)7(3)13;11-9-5-1-3-7(13)10(12)6(5)2-4-8(9)14;11-9-3-1-7-5-10(12)4-2-8(7)6-9;2*1-2/h1-2,15-16H;1-4,13-14H;1-6,11-12H;;. The highest BCUT2D eigenvalue weighted by Crippen LogP contribution is 2.46. The summed E-state index contributed by atoms with van der Waals surface area (Å²) in [5.41, 5.74) is 0. The number of benzene rings is 6. The summed E-state index contributed by atoms with van der Waals surface area (Å²) >= 11 is 30.7. The molecular formula is C30H18Br10O6. The van der Waals surface area contributed by atoms with Crippen LogP contribution in [0.15, 0.2) is 99.6 Å². The molecule has 0 aliphatic heterocycles. The number of phenolic OH excluding ortho intramolecular Hbond substituents is 6. The molecule has 0 radical (unpaired) electrons. The smallest absolute Gasteiger partial charge is 0.144 e. The summed E-state index contributed by atoms with van der Waals surface area (Å²) in [5.74, 6) is 1.14. The minimum atomic E-state index is 0.136. The van der Waals surface area contributed by atoms with Gasteiger partial charge in [0.05, 0.1) is 26.8 Å². The third-order valence-corrected chi connectivity index (χ3v) is 10.5. The van der Waals surface area contributed by atoms with Crippen LogP contribution in [0.4, 0.5) is 0 Å². The molecule has 6 rings (SSSR count). The SMILES string of the molecule is BrBr.BrBr.Oc1c(Br)cc2c(Br)c(O)c(Br)cc2c1Br.Oc1ccc2c(Br)c(O)ccc2c1Br.Oc1ccc2cc(O)ccc2c1. The van der Waals surface area contributed by atoms with E-state index in [9.17, 15) is 20.4 Å². The highest BCUT2D eigenvalue weighted by Gasteiger charge is 2.15. The monoisotopic (exact) mass is 1260 g/mol. The second-order valence-corrected chi connectivity index (χ2v) is 13.6. The second-order valence-electron chi connectivity index (χ2n) is 8.75. The molecule has 6 N–H and O–H groups in total. The van der Waals surface area contributed by atoms with Crippen molar-refractivity contribution in [2.75, 3.05) is 0 Å². The molecular weight excluding hydrogens is 1260 g/mol. The summed E-state index contributed by atoms with van der Waals surface area (Å²) in [6.45, 7) is 0. The normalized spacial score (nSPS) is 10.0. The Labute approximate surface area is 344 Å². The van der Waals surface area contributed by atoms with Crippen molar-refractivity contribution in [2.24, 2.45) is 0 Å². The number of halogens is 10. The van der Waals surface area contributed by atoms with Crippen LogP contribution in [0.1, 0.15) is 0 Å². The summed E-state index contributed by atoms with van der Waals surface area (Å²) in [5, 5.41) is 61.9. The van der Waals surface area contributed by atoms with Crippen LogP contribution >= 0.6 is 152 Å². The fraction of sp³-hybridized carbons (Fsp3) is 0. The third kappa shape index (κ3) is 10.4. The van der Waals surface area contributed by atoms with Gasteiger partial charge < -0.3 is 30.6 Å². The molecule has 6 nitrogen and oxygen atoms in total. The summed E-state index contributed by atoms with van der Waals surface area (Å²) in [6.07, 6.45) is 0. The molecule has 6 aromatic rings. The predicted octanol–water partition coefficient (Wildman–Crippen LogP) is 14.7. The molecule has 6 aromatic carbocycles. The Morgan fingerprint density at radius 3 is 1.00 bits per heavy atom. The lowest BCUT2D eigenvalue weighted by Crippen LogP contribution is -1.82. The van der Waals surface area contributed by atoms with E-state index in [2.05, 4.69) is 152 Å². The lowest BCUT2D eigenvalue weighted by atomic mass is 10.1. The number of aromatic hydroxyl groups is 6. The Balaban J connectivity index is 0.000000229. The Morgan fingerprint density at radius 2 is 0.674 bits per heavy atom. The molecule has 0 aliphatic carbocycles. The molecule has 0 aromatic heterocycles. The average Bonchev–Trinajstić information content (AvgIpc) is 3.06. The first-order chi connectivity index (χ1) is 21.8. The maximum Gasteiger partial charge on any atom is 0.144 e. The molecule has 0 fully saturated rings. The molecule has 244 valence electrons. The van der Waals surface area contributed by atoms with Crippen molar-refractivity contribution in [2.45, 2.75) is 0 Å². The van der Waals surface area contributed by atoms with Crippen molar-refractivity contribution in [3.05, 3.63) is 99.6 Å².